The molecule has 168 valence electrons. The van der Waals surface area contributed by atoms with Gasteiger partial charge in [-0.1, -0.05) is 108 Å². The normalized spacial score (nSPS) is 19.3. The maximum atomic E-state index is 6.18. The zero-order valence-electron chi connectivity index (χ0n) is 20.0. The van der Waals surface area contributed by atoms with Gasteiger partial charge in [0.2, 0.25) is 0 Å². The van der Waals surface area contributed by atoms with Crippen molar-refractivity contribution in [2.45, 2.75) is 58.6 Å². The molecule has 1 aliphatic heterocycles. The summed E-state index contributed by atoms with van der Waals surface area (Å²) in [7, 11) is 0. The van der Waals surface area contributed by atoms with Gasteiger partial charge < -0.3 is 5.32 Å². The Hall–Kier alpha value is -2.55. The molecule has 2 N–H and O–H groups in total. The standard InChI is InChI=1S/C25H23ClN2.2C2H6/c1-25(2)21-9-4-3-8-19(21)20-11-10-17(15-22(20)25)16-6-5-7-18(14-16)23-12-13-27-24(26)28-23;2*1-2/h3-15,23-24,27-28H,1-2H3;2*1-2H3. The molecule has 0 saturated heterocycles. The number of fused-ring (bicyclic) bond motifs is 3. The van der Waals surface area contributed by atoms with E-state index in [0.29, 0.717) is 0 Å². The van der Waals surface area contributed by atoms with Gasteiger partial charge >= 0.3 is 0 Å². The van der Waals surface area contributed by atoms with Crippen LogP contribution < -0.4 is 10.6 Å². The fourth-order valence-corrected chi connectivity index (χ4v) is 4.71. The van der Waals surface area contributed by atoms with Gasteiger partial charge in [0, 0.05) is 5.41 Å². The molecule has 3 heteroatoms. The molecule has 2 nitrogen and oxygen atoms in total. The Morgan fingerprint density at radius 1 is 0.750 bits per heavy atom. The predicted molar refractivity (Wildman–Crippen MR) is 140 cm³/mol. The van der Waals surface area contributed by atoms with Crippen LogP contribution in [0, 0.1) is 0 Å². The molecule has 2 unspecified atom stereocenters. The highest BCUT2D eigenvalue weighted by Crippen LogP contribution is 2.49. The smallest absolute Gasteiger partial charge is 0.155 e. The third kappa shape index (κ3) is 4.48. The summed E-state index contributed by atoms with van der Waals surface area (Å²) in [5.41, 5.74) is 8.99. The van der Waals surface area contributed by atoms with Crippen molar-refractivity contribution >= 4 is 11.6 Å². The molecule has 0 saturated carbocycles. The molecule has 5 rings (SSSR count). The number of nitrogens with one attached hydrogen (secondary N) is 2. The Kier molecular flexibility index (Phi) is 7.82. The summed E-state index contributed by atoms with van der Waals surface area (Å²) >= 11 is 6.18. The maximum Gasteiger partial charge on any atom is 0.155 e. The number of hydrogen-bond donors (Lipinski definition) is 2. The van der Waals surface area contributed by atoms with Crippen molar-refractivity contribution in [3.8, 4) is 22.3 Å². The number of benzene rings is 3. The van der Waals surface area contributed by atoms with E-state index in [-0.39, 0.29) is 17.1 Å². The molecular formula is C29H35ClN2. The van der Waals surface area contributed by atoms with Crippen molar-refractivity contribution < 1.29 is 0 Å². The quantitative estimate of drug-likeness (QED) is 0.308. The molecule has 32 heavy (non-hydrogen) atoms. The van der Waals surface area contributed by atoms with Crippen LogP contribution in [0.15, 0.2) is 79.0 Å². The SMILES string of the molecule is CC.CC.CC1(C)c2ccccc2-c2ccc(-c3cccc(C4C=CNC(Cl)N4)c3)cc21. The molecular weight excluding hydrogens is 412 g/mol. The maximum absolute atomic E-state index is 6.18. The largest absolute Gasteiger partial charge is 0.364 e. The van der Waals surface area contributed by atoms with Crippen LogP contribution in [0.2, 0.25) is 0 Å². The Bertz CT molecular complexity index is 1080. The van der Waals surface area contributed by atoms with Crippen LogP contribution in [0.5, 0.6) is 0 Å². The molecule has 0 fully saturated rings. The predicted octanol–water partition coefficient (Wildman–Crippen LogP) is 7.98. The molecule has 3 aromatic carbocycles. The molecule has 3 aromatic rings. The Morgan fingerprint density at radius 2 is 1.44 bits per heavy atom. The van der Waals surface area contributed by atoms with E-state index in [9.17, 15) is 0 Å². The lowest BCUT2D eigenvalue weighted by atomic mass is 9.81. The van der Waals surface area contributed by atoms with E-state index in [1.807, 2.05) is 33.9 Å². The Morgan fingerprint density at radius 3 is 2.19 bits per heavy atom. The Balaban J connectivity index is 0.000000686. The molecule has 0 aromatic heterocycles. The highest BCUT2D eigenvalue weighted by molar-refractivity contribution is 6.20. The average molecular weight is 447 g/mol. The summed E-state index contributed by atoms with van der Waals surface area (Å²) in [5.74, 6) is 0. The second-order valence-electron chi connectivity index (χ2n) is 8.09. The van der Waals surface area contributed by atoms with E-state index < -0.39 is 0 Å². The fourth-order valence-electron chi connectivity index (χ4n) is 4.50. The van der Waals surface area contributed by atoms with E-state index in [0.717, 1.165) is 0 Å². The first-order chi connectivity index (χ1) is 15.5. The average Bonchev–Trinajstić information content (AvgIpc) is 3.08. The second kappa shape index (κ2) is 10.4. The van der Waals surface area contributed by atoms with E-state index in [4.69, 9.17) is 11.6 Å². The van der Waals surface area contributed by atoms with Crippen LogP contribution in [0.1, 0.15) is 64.3 Å². The van der Waals surface area contributed by atoms with Crippen molar-refractivity contribution in [2.75, 3.05) is 0 Å². The summed E-state index contributed by atoms with van der Waals surface area (Å²) in [6.45, 7) is 12.6. The monoisotopic (exact) mass is 446 g/mol. The zero-order chi connectivity index (χ0) is 23.3. The minimum absolute atomic E-state index is 0.0186. The number of alkyl halides is 1. The molecule has 0 radical (unpaired) electrons. The second-order valence-corrected chi connectivity index (χ2v) is 8.53. The first-order valence-corrected chi connectivity index (χ1v) is 12.2. The van der Waals surface area contributed by atoms with Gasteiger partial charge in [0.25, 0.3) is 0 Å². The number of halogens is 1. The molecule has 0 spiro atoms. The van der Waals surface area contributed by atoms with Crippen molar-refractivity contribution in [3.63, 3.8) is 0 Å². The van der Waals surface area contributed by atoms with Crippen molar-refractivity contribution in [2.24, 2.45) is 0 Å². The number of hydrogen-bond acceptors (Lipinski definition) is 2. The molecule has 1 aliphatic carbocycles. The molecule has 1 heterocycles. The van der Waals surface area contributed by atoms with Crippen LogP contribution in [-0.2, 0) is 5.41 Å². The van der Waals surface area contributed by atoms with E-state index >= 15 is 0 Å². The molecule has 2 aliphatic rings. The third-order valence-corrected chi connectivity index (χ3v) is 6.27. The van der Waals surface area contributed by atoms with Crippen LogP contribution in [0.4, 0.5) is 0 Å². The topological polar surface area (TPSA) is 24.1 Å². The van der Waals surface area contributed by atoms with Crippen LogP contribution >= 0.6 is 11.6 Å². The van der Waals surface area contributed by atoms with Gasteiger partial charge in [0.1, 0.15) is 0 Å². The van der Waals surface area contributed by atoms with Gasteiger partial charge in [-0.3, -0.25) is 5.32 Å². The zero-order valence-corrected chi connectivity index (χ0v) is 20.8. The molecule has 0 amide bonds. The van der Waals surface area contributed by atoms with E-state index in [1.165, 1.54) is 38.9 Å². The van der Waals surface area contributed by atoms with Gasteiger partial charge in [0.15, 0.2) is 5.62 Å². The van der Waals surface area contributed by atoms with Crippen LogP contribution in [-0.4, -0.2) is 5.62 Å². The van der Waals surface area contributed by atoms with Gasteiger partial charge in [-0.2, -0.15) is 0 Å². The van der Waals surface area contributed by atoms with Crippen molar-refractivity contribution in [3.05, 3.63) is 95.7 Å². The third-order valence-electron chi connectivity index (χ3n) is 6.02. The van der Waals surface area contributed by atoms with Crippen LogP contribution in [0.25, 0.3) is 22.3 Å². The summed E-state index contributed by atoms with van der Waals surface area (Å²) in [4.78, 5) is 0. The molecule has 2 atom stereocenters. The lowest BCUT2D eigenvalue weighted by molar-refractivity contribution is 0.522. The minimum Gasteiger partial charge on any atom is -0.364 e. The lowest BCUT2D eigenvalue weighted by Crippen LogP contribution is -2.40. The lowest BCUT2D eigenvalue weighted by Gasteiger charge is -2.25. The summed E-state index contributed by atoms with van der Waals surface area (Å²) in [6.07, 6.45) is 4.01. The fraction of sp³-hybridized carbons (Fsp3) is 0.310. The van der Waals surface area contributed by atoms with Crippen molar-refractivity contribution in [1.82, 2.24) is 10.6 Å². The van der Waals surface area contributed by atoms with Gasteiger partial charge in [-0.05, 0) is 63.4 Å². The van der Waals surface area contributed by atoms with Gasteiger partial charge in [0.05, 0.1) is 6.04 Å². The Labute approximate surface area is 198 Å². The van der Waals surface area contributed by atoms with E-state index in [2.05, 4.69) is 97.3 Å². The number of rotatable bonds is 2. The van der Waals surface area contributed by atoms with Crippen molar-refractivity contribution in [1.29, 1.82) is 0 Å². The van der Waals surface area contributed by atoms with Crippen LogP contribution in [0.3, 0.4) is 0 Å². The molecule has 0 bridgehead atoms. The summed E-state index contributed by atoms with van der Waals surface area (Å²) in [6, 6.07) is 24.5. The van der Waals surface area contributed by atoms with E-state index in [1.54, 1.807) is 0 Å². The summed E-state index contributed by atoms with van der Waals surface area (Å²) in [5, 5.41) is 6.39. The first-order valence-electron chi connectivity index (χ1n) is 11.7. The van der Waals surface area contributed by atoms with Gasteiger partial charge in [-0.25, -0.2) is 0 Å². The summed E-state index contributed by atoms with van der Waals surface area (Å²) < 4.78 is 0. The highest BCUT2D eigenvalue weighted by atomic mass is 35.5. The highest BCUT2D eigenvalue weighted by Gasteiger charge is 2.35. The first kappa shape index (κ1) is 24.1. The van der Waals surface area contributed by atoms with Gasteiger partial charge in [-0.15, -0.1) is 0 Å². The minimum atomic E-state index is -0.252.